The van der Waals surface area contributed by atoms with Gasteiger partial charge >= 0.3 is 0 Å². The Morgan fingerprint density at radius 1 is 0.926 bits per heavy atom. The van der Waals surface area contributed by atoms with Crippen LogP contribution >= 0.6 is 11.6 Å². The highest BCUT2D eigenvalue weighted by atomic mass is 35.5. The first-order chi connectivity index (χ1) is 32.7. The van der Waals surface area contributed by atoms with Gasteiger partial charge in [0.15, 0.2) is 0 Å². The highest BCUT2D eigenvalue weighted by molar-refractivity contribution is 7.90. The van der Waals surface area contributed by atoms with Crippen LogP contribution in [0.2, 0.25) is 5.02 Å². The second-order valence-corrected chi connectivity index (χ2v) is 21.6. The number of nitro groups is 1. The van der Waals surface area contributed by atoms with Crippen molar-refractivity contribution >= 4 is 56.1 Å². The minimum Gasteiger partial charge on any atom is -0.456 e. The number of piperazine rings is 1. The zero-order valence-electron chi connectivity index (χ0n) is 38.7. The number of anilines is 2. The average molecular weight is 967 g/mol. The van der Waals surface area contributed by atoms with Gasteiger partial charge in [0, 0.05) is 98.4 Å². The summed E-state index contributed by atoms with van der Waals surface area (Å²) in [6, 6.07) is 22.5. The number of hydrogen-bond donors (Lipinski definition) is 3. The number of fused-ring (bicyclic) bond motifs is 1. The molecule has 15 nitrogen and oxygen atoms in total. The van der Waals surface area contributed by atoms with Gasteiger partial charge in [0.05, 0.1) is 28.6 Å². The molecule has 3 fully saturated rings. The number of ether oxygens (including phenoxy) is 2. The van der Waals surface area contributed by atoms with Crippen LogP contribution in [-0.4, -0.2) is 113 Å². The Morgan fingerprint density at radius 3 is 2.41 bits per heavy atom. The van der Waals surface area contributed by atoms with E-state index in [-0.39, 0.29) is 34.4 Å². The Kier molecular flexibility index (Phi) is 14.1. The number of carbonyl (C=O) groups excluding carboxylic acids is 2. The van der Waals surface area contributed by atoms with Crippen molar-refractivity contribution in [3.05, 3.63) is 122 Å². The number of morpholine rings is 1. The third-order valence-electron chi connectivity index (χ3n) is 14.3. The van der Waals surface area contributed by atoms with Crippen LogP contribution in [0.5, 0.6) is 11.5 Å². The van der Waals surface area contributed by atoms with E-state index in [0.29, 0.717) is 49.0 Å². The van der Waals surface area contributed by atoms with Crippen molar-refractivity contribution in [1.29, 1.82) is 0 Å². The first kappa shape index (κ1) is 47.5. The Morgan fingerprint density at radius 2 is 1.68 bits per heavy atom. The highest BCUT2D eigenvalue weighted by Gasteiger charge is 2.32. The molecular weight excluding hydrogens is 906 g/mol. The minimum absolute atomic E-state index is 0.0102. The predicted octanol–water partition coefficient (Wildman–Crippen LogP) is 8.29. The lowest BCUT2D eigenvalue weighted by Crippen LogP contribution is -2.47. The summed E-state index contributed by atoms with van der Waals surface area (Å²) in [5, 5.41) is 19.2. The number of benzene rings is 4. The number of nitro benzene ring substituents is 1. The van der Waals surface area contributed by atoms with Crippen molar-refractivity contribution in [1.82, 2.24) is 19.8 Å². The lowest BCUT2D eigenvalue weighted by Gasteiger charge is -2.39. The van der Waals surface area contributed by atoms with Crippen molar-refractivity contribution in [2.75, 3.05) is 75.8 Å². The second-order valence-electron chi connectivity index (χ2n) is 19.4. The molecule has 0 spiro atoms. The number of amides is 2. The molecule has 3 heterocycles. The zero-order valence-corrected chi connectivity index (χ0v) is 40.3. The van der Waals surface area contributed by atoms with Gasteiger partial charge in [-0.25, -0.2) is 13.1 Å². The molecule has 68 heavy (non-hydrogen) atoms. The number of carbonyl (C=O) groups is 2. The van der Waals surface area contributed by atoms with Crippen LogP contribution in [0.1, 0.15) is 90.6 Å². The predicted molar refractivity (Wildman–Crippen MR) is 263 cm³/mol. The van der Waals surface area contributed by atoms with Gasteiger partial charge in [0.25, 0.3) is 27.5 Å². The zero-order chi connectivity index (χ0) is 47.6. The van der Waals surface area contributed by atoms with Crippen molar-refractivity contribution in [3.8, 4) is 11.5 Å². The maximum atomic E-state index is 14.2. The molecule has 9 rings (SSSR count). The van der Waals surface area contributed by atoms with E-state index in [0.717, 1.165) is 108 Å². The topological polar surface area (TPSA) is 176 Å². The lowest BCUT2D eigenvalue weighted by atomic mass is 9.72. The molecule has 0 radical (unpaired) electrons. The fraction of sp³-hybridized carbons (Fsp3) is 0.451. The first-order valence-corrected chi connectivity index (χ1v) is 25.7. The molecule has 2 amide bonds. The molecule has 4 aromatic carbocycles. The molecule has 17 heteroatoms. The van der Waals surface area contributed by atoms with Gasteiger partial charge < -0.3 is 25.0 Å². The number of sulfonamides is 1. The summed E-state index contributed by atoms with van der Waals surface area (Å²) in [5.74, 6) is -0.716. The SMILES string of the molecule is CC1(C)CCC(CN2CCN(c3ccc(C(=O)NS(=O)(=O)c4ccc(NC5CCC(N6CCOCC6)CC5)c([N+](=O)[O-])c4)c(Oc4cccc5c4CCNC5=O)c3)CC2)=C(c2ccc(Cl)cc2)C1. The third-order valence-corrected chi connectivity index (χ3v) is 15.9. The fourth-order valence-electron chi connectivity index (χ4n) is 10.5. The molecule has 360 valence electrons. The maximum absolute atomic E-state index is 14.2. The molecule has 2 saturated heterocycles. The van der Waals surface area contributed by atoms with E-state index < -0.39 is 31.4 Å². The van der Waals surface area contributed by atoms with Crippen LogP contribution in [0.3, 0.4) is 0 Å². The molecule has 5 aliphatic rings. The highest BCUT2D eigenvalue weighted by Crippen LogP contribution is 2.44. The summed E-state index contributed by atoms with van der Waals surface area (Å²) in [7, 11) is -4.61. The monoisotopic (exact) mass is 965 g/mol. The molecule has 1 saturated carbocycles. The number of allylic oxidation sites excluding steroid dienone is 1. The molecule has 0 atom stereocenters. The summed E-state index contributed by atoms with van der Waals surface area (Å²) < 4.78 is 42.0. The van der Waals surface area contributed by atoms with Gasteiger partial charge in [-0.05, 0) is 116 Å². The van der Waals surface area contributed by atoms with Gasteiger partial charge in [-0.3, -0.25) is 29.5 Å². The molecule has 2 aliphatic carbocycles. The van der Waals surface area contributed by atoms with Crippen LogP contribution in [0.4, 0.5) is 17.1 Å². The van der Waals surface area contributed by atoms with Gasteiger partial charge in [0.2, 0.25) is 0 Å². The largest absolute Gasteiger partial charge is 0.456 e. The van der Waals surface area contributed by atoms with Crippen molar-refractivity contribution in [2.24, 2.45) is 5.41 Å². The Balaban J connectivity index is 0.923. The second kappa shape index (κ2) is 20.2. The van der Waals surface area contributed by atoms with Crippen LogP contribution in [0.25, 0.3) is 5.57 Å². The summed E-state index contributed by atoms with van der Waals surface area (Å²) in [5.41, 5.74) is 5.99. The quantitative estimate of drug-likeness (QED) is 0.0865. The van der Waals surface area contributed by atoms with Gasteiger partial charge in [-0.1, -0.05) is 49.2 Å². The number of rotatable bonds is 13. The van der Waals surface area contributed by atoms with E-state index in [1.165, 1.54) is 28.8 Å². The van der Waals surface area contributed by atoms with E-state index in [1.807, 2.05) is 12.1 Å². The number of halogens is 1. The normalized spacial score (nSPS) is 21.4. The van der Waals surface area contributed by atoms with Crippen LogP contribution in [0.15, 0.2) is 89.3 Å². The molecule has 3 N–H and O–H groups in total. The van der Waals surface area contributed by atoms with Crippen molar-refractivity contribution in [2.45, 2.75) is 82.2 Å². The number of nitrogens with one attached hydrogen (secondary N) is 3. The van der Waals surface area contributed by atoms with E-state index in [4.69, 9.17) is 21.1 Å². The van der Waals surface area contributed by atoms with Crippen molar-refractivity contribution in [3.63, 3.8) is 0 Å². The van der Waals surface area contributed by atoms with Gasteiger partial charge in [-0.2, -0.15) is 0 Å². The number of nitrogens with zero attached hydrogens (tertiary/aromatic N) is 4. The molecular formula is C51H60ClN7O8S. The van der Waals surface area contributed by atoms with Crippen molar-refractivity contribution < 1.29 is 32.4 Å². The summed E-state index contributed by atoms with van der Waals surface area (Å²) in [4.78, 5) is 45.4. The van der Waals surface area contributed by atoms with Gasteiger partial charge in [0.1, 0.15) is 17.2 Å². The summed E-state index contributed by atoms with van der Waals surface area (Å²) in [6.45, 7) is 12.2. The van der Waals surface area contributed by atoms with Crippen LogP contribution in [0, 0.1) is 15.5 Å². The van der Waals surface area contributed by atoms with Crippen LogP contribution < -0.4 is 25.0 Å². The number of hydrogen-bond acceptors (Lipinski definition) is 12. The summed E-state index contributed by atoms with van der Waals surface area (Å²) in [6.07, 6.45) is 7.19. The average Bonchev–Trinajstić information content (AvgIpc) is 3.33. The molecule has 3 aliphatic heterocycles. The smallest absolute Gasteiger partial charge is 0.293 e. The minimum atomic E-state index is -4.61. The fourth-order valence-corrected chi connectivity index (χ4v) is 11.6. The Bertz CT molecular complexity index is 2690. The standard InChI is InChI=1S/C51H60ClN7O8S/c1-51(2)20-18-35(44(32-51)34-6-8-36(52)9-7-34)33-56-22-24-57(25-23-56)39-14-16-43(48(30-39)67-47-5-3-4-42-41(47)19-21-53-49(42)60)50(61)55-68(64,65)40-15-17-45(46(31-40)59(62)63)54-37-10-12-38(13-11-37)58-26-28-66-29-27-58/h3-9,14-17,30-31,37-38,54H,10-13,18-29,32-33H2,1-2H3,(H,53,60)(H,55,61). The molecule has 0 bridgehead atoms. The van der Waals surface area contributed by atoms with E-state index in [9.17, 15) is 28.1 Å². The lowest BCUT2D eigenvalue weighted by molar-refractivity contribution is -0.384. The van der Waals surface area contributed by atoms with E-state index in [2.05, 4.69) is 56.0 Å². The van der Waals surface area contributed by atoms with Crippen LogP contribution in [-0.2, 0) is 21.2 Å². The van der Waals surface area contributed by atoms with E-state index >= 15 is 0 Å². The molecule has 0 unspecified atom stereocenters. The third kappa shape index (κ3) is 10.8. The first-order valence-electron chi connectivity index (χ1n) is 23.8. The molecule has 0 aromatic heterocycles. The summed E-state index contributed by atoms with van der Waals surface area (Å²) >= 11 is 6.26. The molecule has 4 aromatic rings. The Labute approximate surface area is 403 Å². The Hall–Kier alpha value is -5.52. The van der Waals surface area contributed by atoms with E-state index in [1.54, 1.807) is 36.4 Å². The maximum Gasteiger partial charge on any atom is 0.293 e. The van der Waals surface area contributed by atoms with Gasteiger partial charge in [-0.15, -0.1) is 0 Å².